The van der Waals surface area contributed by atoms with Crippen molar-refractivity contribution in [2.45, 2.75) is 18.6 Å². The molecule has 3 rings (SSSR count). The van der Waals surface area contributed by atoms with Crippen LogP contribution in [0.5, 0.6) is 17.2 Å². The first kappa shape index (κ1) is 25.1. The molecule has 1 heterocycles. The van der Waals surface area contributed by atoms with Crippen LogP contribution in [0.3, 0.4) is 0 Å². The maximum Gasteiger partial charge on any atom is 0.342 e. The summed E-state index contributed by atoms with van der Waals surface area (Å²) in [5, 5.41) is 18.8. The van der Waals surface area contributed by atoms with Crippen molar-refractivity contribution in [3.05, 3.63) is 49.7 Å². The van der Waals surface area contributed by atoms with Gasteiger partial charge in [0.05, 0.1) is 30.3 Å². The number of methoxy groups -OCH3 is 3. The predicted molar refractivity (Wildman–Crippen MR) is 134 cm³/mol. The third-order valence-corrected chi connectivity index (χ3v) is 6.75. The highest BCUT2D eigenvalue weighted by atomic mass is 79.9. The van der Waals surface area contributed by atoms with Gasteiger partial charge in [0.25, 0.3) is 0 Å². The van der Waals surface area contributed by atoms with Gasteiger partial charge >= 0.3 is 5.97 Å². The fourth-order valence-corrected chi connectivity index (χ4v) is 5.47. The molecule has 3 aromatic rings. The van der Waals surface area contributed by atoms with Crippen LogP contribution in [0.4, 0.5) is 0 Å². The van der Waals surface area contributed by atoms with Gasteiger partial charge in [-0.05, 0) is 86.5 Å². The van der Waals surface area contributed by atoms with Crippen molar-refractivity contribution in [3.8, 4) is 28.6 Å². The molecule has 0 unspecified atom stereocenters. The summed E-state index contributed by atoms with van der Waals surface area (Å²) in [6.07, 6.45) is 1.57. The first-order valence-corrected chi connectivity index (χ1v) is 12.0. The van der Waals surface area contributed by atoms with Crippen LogP contribution in [0.25, 0.3) is 17.5 Å². The number of carbonyl (C=O) groups is 1. The Morgan fingerprint density at radius 2 is 1.64 bits per heavy atom. The zero-order chi connectivity index (χ0) is 24.1. The second-order valence-electron chi connectivity index (χ2n) is 6.59. The lowest BCUT2D eigenvalue weighted by Gasteiger charge is -2.11. The summed E-state index contributed by atoms with van der Waals surface area (Å²) in [6, 6.07) is 8.99. The van der Waals surface area contributed by atoms with Crippen molar-refractivity contribution in [2.24, 2.45) is 0 Å². The highest BCUT2D eigenvalue weighted by molar-refractivity contribution is 9.11. The molecule has 174 valence electrons. The number of nitrogens with zero attached hydrogens (tertiary/aromatic N) is 3. The fourth-order valence-electron chi connectivity index (χ4n) is 3.04. The van der Waals surface area contributed by atoms with Gasteiger partial charge in [0, 0.05) is 18.2 Å². The van der Waals surface area contributed by atoms with Crippen molar-refractivity contribution in [1.29, 1.82) is 0 Å². The molecule has 2 aromatic carbocycles. The third kappa shape index (κ3) is 5.71. The van der Waals surface area contributed by atoms with Crippen molar-refractivity contribution < 1.29 is 24.1 Å². The average molecular weight is 599 g/mol. The highest BCUT2D eigenvalue weighted by Gasteiger charge is 2.20. The topological polar surface area (TPSA) is 95.7 Å². The molecule has 0 aliphatic rings. The largest absolute Gasteiger partial charge is 0.497 e. The molecule has 0 atom stereocenters. The molecule has 33 heavy (non-hydrogen) atoms. The van der Waals surface area contributed by atoms with E-state index in [1.807, 2.05) is 23.6 Å². The molecular formula is C22H21Br2N3O5S. The monoisotopic (exact) mass is 597 g/mol. The lowest BCUT2D eigenvalue weighted by Crippen LogP contribution is -2.03. The number of hydrogen-bond donors (Lipinski definition) is 1. The first-order valence-electron chi connectivity index (χ1n) is 9.63. The van der Waals surface area contributed by atoms with E-state index in [0.717, 1.165) is 17.3 Å². The molecule has 0 spiro atoms. The molecule has 11 heteroatoms. The van der Waals surface area contributed by atoms with Crippen LogP contribution < -0.4 is 14.2 Å². The molecule has 0 bridgehead atoms. The molecule has 0 fully saturated rings. The number of rotatable bonds is 9. The molecule has 0 saturated heterocycles. The van der Waals surface area contributed by atoms with Gasteiger partial charge in [0.2, 0.25) is 0 Å². The number of aliphatic carboxylic acids is 1. The van der Waals surface area contributed by atoms with E-state index < -0.39 is 5.97 Å². The molecule has 0 saturated carbocycles. The van der Waals surface area contributed by atoms with E-state index in [0.29, 0.717) is 49.3 Å². The number of thioether (sulfide) groups is 1. The van der Waals surface area contributed by atoms with E-state index in [4.69, 9.17) is 14.2 Å². The Bertz CT molecular complexity index is 1170. The summed E-state index contributed by atoms with van der Waals surface area (Å²) in [4.78, 5) is 12.1. The molecule has 8 nitrogen and oxygen atoms in total. The van der Waals surface area contributed by atoms with Gasteiger partial charge in [0.1, 0.15) is 22.2 Å². The van der Waals surface area contributed by atoms with Crippen molar-refractivity contribution in [1.82, 2.24) is 14.8 Å². The quantitative estimate of drug-likeness (QED) is 0.246. The predicted octanol–water partition coefficient (Wildman–Crippen LogP) is 5.73. The maximum absolute atomic E-state index is 12.0. The van der Waals surface area contributed by atoms with Crippen molar-refractivity contribution in [2.75, 3.05) is 21.3 Å². The van der Waals surface area contributed by atoms with E-state index in [1.165, 1.54) is 0 Å². The molecule has 0 aliphatic carbocycles. The van der Waals surface area contributed by atoms with Gasteiger partial charge in [0.15, 0.2) is 11.0 Å². The average Bonchev–Trinajstić information content (AvgIpc) is 3.20. The van der Waals surface area contributed by atoms with E-state index in [1.54, 1.807) is 45.6 Å². The Labute approximate surface area is 212 Å². The molecule has 0 amide bonds. The Hall–Kier alpha value is -2.50. The number of hydrogen-bond acceptors (Lipinski definition) is 7. The van der Waals surface area contributed by atoms with Gasteiger partial charge < -0.3 is 23.9 Å². The zero-order valence-electron chi connectivity index (χ0n) is 18.3. The molecular weight excluding hydrogens is 578 g/mol. The second-order valence-corrected chi connectivity index (χ2v) is 9.30. The van der Waals surface area contributed by atoms with Gasteiger partial charge in [-0.3, -0.25) is 0 Å². The van der Waals surface area contributed by atoms with E-state index in [-0.39, 0.29) is 4.91 Å². The minimum atomic E-state index is -1.07. The summed E-state index contributed by atoms with van der Waals surface area (Å²) in [5.41, 5.74) is 1.43. The Balaban J connectivity index is 2.01. The first-order chi connectivity index (χ1) is 15.8. The van der Waals surface area contributed by atoms with Crippen LogP contribution in [0.15, 0.2) is 49.3 Å². The number of ether oxygens (including phenoxy) is 3. The number of halogens is 2. The molecule has 0 radical (unpaired) electrons. The Kier molecular flexibility index (Phi) is 8.44. The standard InChI is InChI=1S/C22H21Br2N3O5S/c1-5-27-20(13-9-14(30-2)11-15(10-13)31-3)25-26-22(27)33-18(21(28)29)8-12-6-16(23)19(32-4)17(24)7-12/h6-11H,5H2,1-4H3,(H,28,29)/b18-8-. The summed E-state index contributed by atoms with van der Waals surface area (Å²) < 4.78 is 19.3. The van der Waals surface area contributed by atoms with Gasteiger partial charge in [-0.15, -0.1) is 10.2 Å². The van der Waals surface area contributed by atoms with E-state index >= 15 is 0 Å². The summed E-state index contributed by atoms with van der Waals surface area (Å²) in [6.45, 7) is 2.48. The minimum Gasteiger partial charge on any atom is -0.497 e. The molecule has 1 N–H and O–H groups in total. The SMILES string of the molecule is CCn1c(S/C(=C\c2cc(Br)c(OC)c(Br)c2)C(=O)O)nnc1-c1cc(OC)cc(OC)c1. The van der Waals surface area contributed by atoms with Crippen LogP contribution in [-0.4, -0.2) is 47.2 Å². The summed E-state index contributed by atoms with van der Waals surface area (Å²) in [7, 11) is 4.71. The highest BCUT2D eigenvalue weighted by Crippen LogP contribution is 2.37. The Morgan fingerprint density at radius 3 is 2.12 bits per heavy atom. The smallest absolute Gasteiger partial charge is 0.342 e. The molecule has 1 aromatic heterocycles. The number of aromatic nitrogens is 3. The zero-order valence-corrected chi connectivity index (χ0v) is 22.2. The van der Waals surface area contributed by atoms with Gasteiger partial charge in [-0.2, -0.15) is 0 Å². The Morgan fingerprint density at radius 1 is 1.03 bits per heavy atom. The van der Waals surface area contributed by atoms with E-state index in [9.17, 15) is 9.90 Å². The third-order valence-electron chi connectivity index (χ3n) is 4.58. The summed E-state index contributed by atoms with van der Waals surface area (Å²) in [5.74, 6) is 1.37. The lowest BCUT2D eigenvalue weighted by molar-refractivity contribution is -0.131. The van der Waals surface area contributed by atoms with Crippen molar-refractivity contribution in [3.63, 3.8) is 0 Å². The maximum atomic E-state index is 12.0. The van der Waals surface area contributed by atoms with Crippen LogP contribution >= 0.6 is 43.6 Å². The van der Waals surface area contributed by atoms with Gasteiger partial charge in [-0.1, -0.05) is 0 Å². The van der Waals surface area contributed by atoms with Crippen LogP contribution in [0.1, 0.15) is 12.5 Å². The fraction of sp³-hybridized carbons (Fsp3) is 0.227. The number of carboxylic acids is 1. The minimum absolute atomic E-state index is 0.0934. The van der Waals surface area contributed by atoms with E-state index in [2.05, 4.69) is 42.1 Å². The van der Waals surface area contributed by atoms with Crippen LogP contribution in [0.2, 0.25) is 0 Å². The number of benzene rings is 2. The van der Waals surface area contributed by atoms with Crippen LogP contribution in [0, 0.1) is 0 Å². The normalized spacial score (nSPS) is 11.4. The van der Waals surface area contributed by atoms with Gasteiger partial charge in [-0.25, -0.2) is 4.79 Å². The second kappa shape index (κ2) is 11.1. The molecule has 0 aliphatic heterocycles. The number of carboxylic acid groups (broad SMARTS) is 1. The summed E-state index contributed by atoms with van der Waals surface area (Å²) >= 11 is 7.91. The van der Waals surface area contributed by atoms with Crippen molar-refractivity contribution >= 4 is 55.7 Å². The van der Waals surface area contributed by atoms with Crippen LogP contribution in [-0.2, 0) is 11.3 Å². The lowest BCUT2D eigenvalue weighted by atomic mass is 10.2.